The molecule has 0 aliphatic carbocycles. The summed E-state index contributed by atoms with van der Waals surface area (Å²) in [5, 5.41) is 11.6. The zero-order valence-electron chi connectivity index (χ0n) is 8.02. The van der Waals surface area contributed by atoms with Crippen molar-refractivity contribution in [3.8, 4) is 0 Å². The van der Waals surface area contributed by atoms with Gasteiger partial charge in [-0.3, -0.25) is 0 Å². The first kappa shape index (κ1) is 9.44. The number of rotatable bonds is 0. The van der Waals surface area contributed by atoms with Gasteiger partial charge in [-0.1, -0.05) is 13.8 Å². The molecule has 0 atom stereocenters. The van der Waals surface area contributed by atoms with E-state index in [1.165, 1.54) is 0 Å². The molecule has 5 nitrogen and oxygen atoms in total. The summed E-state index contributed by atoms with van der Waals surface area (Å²) >= 11 is 0. The lowest BCUT2D eigenvalue weighted by Gasteiger charge is -1.86. The van der Waals surface area contributed by atoms with Crippen molar-refractivity contribution in [3.63, 3.8) is 0 Å². The van der Waals surface area contributed by atoms with Gasteiger partial charge in [0.15, 0.2) is 11.5 Å². The predicted octanol–water partition coefficient (Wildman–Crippen LogP) is 1.04. The molecule has 70 valence electrons. The molecule has 0 saturated heterocycles. The number of nitrogens with two attached hydrogens (primary N) is 1. The van der Waals surface area contributed by atoms with E-state index in [1.54, 1.807) is 16.9 Å². The number of hydrogen-bond donors (Lipinski definition) is 1. The highest BCUT2D eigenvalue weighted by Crippen LogP contribution is 2.11. The number of aromatic nitrogens is 4. The van der Waals surface area contributed by atoms with E-state index in [0.29, 0.717) is 11.5 Å². The molecule has 0 amide bonds. The first-order chi connectivity index (χ1) is 6.29. The van der Waals surface area contributed by atoms with Gasteiger partial charge >= 0.3 is 0 Å². The van der Waals surface area contributed by atoms with Crippen LogP contribution >= 0.6 is 0 Å². The lowest BCUT2D eigenvalue weighted by atomic mass is 10.4. The molecule has 0 aliphatic heterocycles. The molecule has 0 saturated carbocycles. The van der Waals surface area contributed by atoms with E-state index < -0.39 is 0 Å². The van der Waals surface area contributed by atoms with E-state index in [2.05, 4.69) is 15.3 Å². The van der Waals surface area contributed by atoms with E-state index >= 15 is 0 Å². The SMILES string of the molecule is CC.Cc1c(N)nn2ccnnc12. The quantitative estimate of drug-likeness (QED) is 0.656. The maximum absolute atomic E-state index is 5.55. The highest BCUT2D eigenvalue weighted by Gasteiger charge is 2.04. The van der Waals surface area contributed by atoms with Crippen molar-refractivity contribution in [2.24, 2.45) is 0 Å². The third-order valence-electron chi connectivity index (χ3n) is 1.58. The van der Waals surface area contributed by atoms with Crippen molar-refractivity contribution < 1.29 is 0 Å². The Labute approximate surface area is 76.6 Å². The van der Waals surface area contributed by atoms with Gasteiger partial charge in [0.05, 0.1) is 12.4 Å². The lowest BCUT2D eigenvalue weighted by Crippen LogP contribution is -1.90. The number of hydrogen-bond acceptors (Lipinski definition) is 4. The Kier molecular flexibility index (Phi) is 2.79. The van der Waals surface area contributed by atoms with Crippen LogP contribution in [0.4, 0.5) is 5.82 Å². The molecule has 5 heteroatoms. The highest BCUT2D eigenvalue weighted by atomic mass is 15.3. The first-order valence-corrected chi connectivity index (χ1v) is 4.21. The Bertz CT molecular complexity index is 392. The summed E-state index contributed by atoms with van der Waals surface area (Å²) in [6.45, 7) is 5.87. The van der Waals surface area contributed by atoms with Crippen molar-refractivity contribution >= 4 is 11.5 Å². The number of fused-ring (bicyclic) bond motifs is 1. The molecule has 2 aromatic rings. The minimum Gasteiger partial charge on any atom is -0.382 e. The van der Waals surface area contributed by atoms with Gasteiger partial charge in [-0.05, 0) is 6.92 Å². The zero-order valence-corrected chi connectivity index (χ0v) is 8.02. The van der Waals surface area contributed by atoms with Crippen molar-refractivity contribution in [2.45, 2.75) is 20.8 Å². The van der Waals surface area contributed by atoms with Gasteiger partial charge in [-0.25, -0.2) is 4.52 Å². The normalized spacial score (nSPS) is 9.46. The average molecular weight is 179 g/mol. The van der Waals surface area contributed by atoms with Crippen molar-refractivity contribution in [2.75, 3.05) is 5.73 Å². The third-order valence-corrected chi connectivity index (χ3v) is 1.58. The van der Waals surface area contributed by atoms with E-state index in [9.17, 15) is 0 Å². The van der Waals surface area contributed by atoms with Crippen LogP contribution in [0, 0.1) is 6.92 Å². The van der Waals surface area contributed by atoms with Gasteiger partial charge in [0.25, 0.3) is 0 Å². The van der Waals surface area contributed by atoms with E-state index in [0.717, 1.165) is 5.56 Å². The van der Waals surface area contributed by atoms with E-state index in [1.807, 2.05) is 20.8 Å². The van der Waals surface area contributed by atoms with Crippen LogP contribution in [-0.2, 0) is 0 Å². The van der Waals surface area contributed by atoms with Crippen LogP contribution in [0.15, 0.2) is 12.4 Å². The monoisotopic (exact) mass is 179 g/mol. The van der Waals surface area contributed by atoms with Gasteiger partial charge in [0.2, 0.25) is 0 Å². The van der Waals surface area contributed by atoms with Crippen LogP contribution in [0.3, 0.4) is 0 Å². The Balaban J connectivity index is 0.000000396. The topological polar surface area (TPSA) is 69.1 Å². The molecule has 0 spiro atoms. The number of aryl methyl sites for hydroxylation is 1. The fourth-order valence-electron chi connectivity index (χ4n) is 0.931. The van der Waals surface area contributed by atoms with Crippen LogP contribution in [0.2, 0.25) is 0 Å². The van der Waals surface area contributed by atoms with Crippen LogP contribution in [0.5, 0.6) is 0 Å². The Hall–Kier alpha value is -1.65. The largest absolute Gasteiger partial charge is 0.382 e. The third kappa shape index (κ3) is 1.58. The Morgan fingerprint density at radius 2 is 2.08 bits per heavy atom. The van der Waals surface area contributed by atoms with Gasteiger partial charge in [0, 0.05) is 5.56 Å². The number of anilines is 1. The van der Waals surface area contributed by atoms with Crippen LogP contribution < -0.4 is 5.73 Å². The fourth-order valence-corrected chi connectivity index (χ4v) is 0.931. The summed E-state index contributed by atoms with van der Waals surface area (Å²) in [5.74, 6) is 0.505. The second-order valence-corrected chi connectivity index (χ2v) is 2.29. The van der Waals surface area contributed by atoms with E-state index in [-0.39, 0.29) is 0 Å². The molecular weight excluding hydrogens is 166 g/mol. The van der Waals surface area contributed by atoms with Gasteiger partial charge in [-0.15, -0.1) is 10.2 Å². The smallest absolute Gasteiger partial charge is 0.182 e. The maximum atomic E-state index is 5.55. The Morgan fingerprint density at radius 3 is 2.69 bits per heavy atom. The molecule has 0 radical (unpaired) electrons. The lowest BCUT2D eigenvalue weighted by molar-refractivity contribution is 0.891. The molecule has 2 N–H and O–H groups in total. The molecule has 0 fully saturated rings. The number of nitrogen functional groups attached to an aromatic ring is 1. The first-order valence-electron chi connectivity index (χ1n) is 4.21. The molecular formula is C8H13N5. The molecule has 2 rings (SSSR count). The van der Waals surface area contributed by atoms with Crippen LogP contribution in [-0.4, -0.2) is 19.8 Å². The fraction of sp³-hybridized carbons (Fsp3) is 0.375. The minimum atomic E-state index is 0.505. The summed E-state index contributed by atoms with van der Waals surface area (Å²) in [6, 6.07) is 0. The molecule has 2 heterocycles. The second kappa shape index (κ2) is 3.84. The maximum Gasteiger partial charge on any atom is 0.182 e. The van der Waals surface area contributed by atoms with Crippen molar-refractivity contribution in [1.82, 2.24) is 19.8 Å². The molecule has 0 aliphatic rings. The van der Waals surface area contributed by atoms with Crippen LogP contribution in [0.1, 0.15) is 19.4 Å². The van der Waals surface area contributed by atoms with E-state index in [4.69, 9.17) is 5.73 Å². The molecule has 13 heavy (non-hydrogen) atoms. The minimum absolute atomic E-state index is 0.505. The van der Waals surface area contributed by atoms with Gasteiger partial charge in [0.1, 0.15) is 0 Å². The molecule has 0 bridgehead atoms. The van der Waals surface area contributed by atoms with Crippen molar-refractivity contribution in [1.29, 1.82) is 0 Å². The van der Waals surface area contributed by atoms with Crippen LogP contribution in [0.25, 0.3) is 5.65 Å². The van der Waals surface area contributed by atoms with Gasteiger partial charge < -0.3 is 5.73 Å². The second-order valence-electron chi connectivity index (χ2n) is 2.29. The molecule has 0 aromatic carbocycles. The predicted molar refractivity (Wildman–Crippen MR) is 51.3 cm³/mol. The summed E-state index contributed by atoms with van der Waals surface area (Å²) in [7, 11) is 0. The summed E-state index contributed by atoms with van der Waals surface area (Å²) in [4.78, 5) is 0. The summed E-state index contributed by atoms with van der Waals surface area (Å²) in [5.41, 5.74) is 7.14. The zero-order chi connectivity index (χ0) is 9.84. The summed E-state index contributed by atoms with van der Waals surface area (Å²) in [6.07, 6.45) is 3.28. The highest BCUT2D eigenvalue weighted by molar-refractivity contribution is 5.56. The standard InChI is InChI=1S/C6H7N5.C2H6/c1-4-5(7)10-11-3-2-8-9-6(4)11;1-2/h2-3H,1H3,(H2,7,10);1-2H3. The number of nitrogens with zero attached hydrogens (tertiary/aromatic N) is 4. The molecule has 0 unspecified atom stereocenters. The molecule has 2 aromatic heterocycles. The van der Waals surface area contributed by atoms with Crippen molar-refractivity contribution in [3.05, 3.63) is 18.0 Å². The van der Waals surface area contributed by atoms with Gasteiger partial charge in [-0.2, -0.15) is 5.10 Å². The summed E-state index contributed by atoms with van der Waals surface area (Å²) < 4.78 is 1.61. The Morgan fingerprint density at radius 1 is 1.38 bits per heavy atom. The average Bonchev–Trinajstić information content (AvgIpc) is 2.47.